The van der Waals surface area contributed by atoms with Crippen LogP contribution in [0.3, 0.4) is 0 Å². The van der Waals surface area contributed by atoms with Gasteiger partial charge in [0.1, 0.15) is 5.75 Å². The van der Waals surface area contributed by atoms with Crippen LogP contribution in [0.15, 0.2) is 52.2 Å². The molecule has 25 heavy (non-hydrogen) atoms. The summed E-state index contributed by atoms with van der Waals surface area (Å²) in [6.45, 7) is -1.58. The molecule has 0 spiro atoms. The van der Waals surface area contributed by atoms with E-state index in [1.165, 1.54) is 23.5 Å². The van der Waals surface area contributed by atoms with Crippen molar-refractivity contribution in [1.29, 1.82) is 0 Å². The van der Waals surface area contributed by atoms with E-state index in [2.05, 4.69) is 25.7 Å². The topological polar surface area (TPSA) is 35.8 Å². The zero-order valence-corrected chi connectivity index (χ0v) is 15.0. The molecule has 0 N–H and O–H groups in total. The van der Waals surface area contributed by atoms with E-state index >= 15 is 0 Å². The molecule has 0 aliphatic heterocycles. The highest BCUT2D eigenvalue weighted by Crippen LogP contribution is 2.26. The molecule has 2 heterocycles. The minimum absolute atomic E-state index is 0.117. The first-order valence-electron chi connectivity index (χ1n) is 7.48. The lowest BCUT2D eigenvalue weighted by Gasteiger charge is -2.07. The molecule has 0 saturated carbocycles. The number of benzene rings is 1. The summed E-state index contributed by atoms with van der Waals surface area (Å²) in [6.07, 6.45) is 0. The van der Waals surface area contributed by atoms with Crippen LogP contribution in [0.1, 0.15) is 0 Å². The molecule has 0 aliphatic carbocycles. The first-order chi connectivity index (χ1) is 12.2. The summed E-state index contributed by atoms with van der Waals surface area (Å²) in [4.78, 5) is 6.62. The number of halogens is 2. The minimum atomic E-state index is -2.83. The highest BCUT2D eigenvalue weighted by atomic mass is 32.1. The van der Waals surface area contributed by atoms with Gasteiger partial charge in [-0.25, -0.2) is 4.99 Å². The van der Waals surface area contributed by atoms with Crippen LogP contribution in [-0.4, -0.2) is 24.9 Å². The van der Waals surface area contributed by atoms with Crippen molar-refractivity contribution in [3.8, 4) is 16.3 Å². The van der Waals surface area contributed by atoms with E-state index in [0.717, 1.165) is 15.4 Å². The second-order valence-electron chi connectivity index (χ2n) is 5.01. The van der Waals surface area contributed by atoms with E-state index in [1.54, 1.807) is 30.6 Å². The van der Waals surface area contributed by atoms with Gasteiger partial charge in [-0.1, -0.05) is 6.07 Å². The predicted octanol–water partition coefficient (Wildman–Crippen LogP) is 4.76. The van der Waals surface area contributed by atoms with E-state index in [1.807, 2.05) is 11.4 Å². The lowest BCUT2D eigenvalue weighted by Crippen LogP contribution is -2.18. The van der Waals surface area contributed by atoms with Gasteiger partial charge < -0.3 is 14.0 Å². The first kappa shape index (κ1) is 17.8. The Kier molecular flexibility index (Phi) is 5.95. The predicted molar refractivity (Wildman–Crippen MR) is 95.8 cm³/mol. The van der Waals surface area contributed by atoms with Crippen LogP contribution in [0, 0.1) is 0 Å². The van der Waals surface area contributed by atoms with Crippen LogP contribution in [-0.2, 0) is 11.3 Å². The number of thiazole rings is 1. The Hall–Kier alpha value is -2.03. The maximum Gasteiger partial charge on any atom is 0.387 e. The average Bonchev–Trinajstić information content (AvgIpc) is 3.24. The number of aromatic nitrogens is 1. The zero-order chi connectivity index (χ0) is 17.6. The smallest absolute Gasteiger partial charge is 0.387 e. The maximum atomic E-state index is 12.2. The van der Waals surface area contributed by atoms with Crippen LogP contribution >= 0.6 is 22.7 Å². The number of nitrogens with zero attached hydrogens (tertiary/aromatic N) is 2. The van der Waals surface area contributed by atoms with Gasteiger partial charge >= 0.3 is 6.61 Å². The van der Waals surface area contributed by atoms with Gasteiger partial charge in [0.25, 0.3) is 0 Å². The van der Waals surface area contributed by atoms with Gasteiger partial charge in [0.15, 0.2) is 4.80 Å². The largest absolute Gasteiger partial charge is 0.435 e. The van der Waals surface area contributed by atoms with Gasteiger partial charge in [0.05, 0.1) is 22.9 Å². The molecular formula is C17H16F2N2O2S2. The third-order valence-corrected chi connectivity index (χ3v) is 5.13. The van der Waals surface area contributed by atoms with Crippen molar-refractivity contribution in [2.24, 2.45) is 4.99 Å². The Bertz CT molecular complexity index is 856. The third kappa shape index (κ3) is 4.53. The van der Waals surface area contributed by atoms with Crippen molar-refractivity contribution in [3.63, 3.8) is 0 Å². The number of methoxy groups -OCH3 is 1. The van der Waals surface area contributed by atoms with Crippen molar-refractivity contribution >= 4 is 28.4 Å². The lowest BCUT2D eigenvalue weighted by atomic mass is 10.3. The van der Waals surface area contributed by atoms with Crippen molar-refractivity contribution in [3.05, 3.63) is 52.0 Å². The highest BCUT2D eigenvalue weighted by Gasteiger charge is 2.09. The molecule has 2 aromatic heterocycles. The summed E-state index contributed by atoms with van der Waals surface area (Å²) in [5.41, 5.74) is 1.76. The summed E-state index contributed by atoms with van der Waals surface area (Å²) in [5.74, 6) is 0.117. The number of rotatable bonds is 7. The average molecular weight is 382 g/mol. The number of alkyl halides is 2. The van der Waals surface area contributed by atoms with Gasteiger partial charge in [-0.3, -0.25) is 0 Å². The maximum absolute atomic E-state index is 12.2. The fourth-order valence-electron chi connectivity index (χ4n) is 2.25. The van der Waals surface area contributed by atoms with Crippen molar-refractivity contribution < 1.29 is 18.3 Å². The molecule has 0 aliphatic rings. The molecule has 0 bridgehead atoms. The van der Waals surface area contributed by atoms with Crippen LogP contribution in [0.4, 0.5) is 14.5 Å². The molecular weight excluding hydrogens is 366 g/mol. The highest BCUT2D eigenvalue weighted by molar-refractivity contribution is 7.14. The van der Waals surface area contributed by atoms with Gasteiger partial charge in [-0.15, -0.1) is 22.7 Å². The third-order valence-electron chi connectivity index (χ3n) is 3.38. The number of hydrogen-bond acceptors (Lipinski definition) is 5. The first-order valence-corrected chi connectivity index (χ1v) is 9.24. The van der Waals surface area contributed by atoms with E-state index in [4.69, 9.17) is 4.74 Å². The summed E-state index contributed by atoms with van der Waals surface area (Å²) >= 11 is 3.20. The number of hydrogen-bond donors (Lipinski definition) is 0. The Labute approximate surface area is 151 Å². The van der Waals surface area contributed by atoms with Gasteiger partial charge in [-0.05, 0) is 35.7 Å². The SMILES string of the molecule is COCCn1c(-c2cccs2)csc1=Nc1ccc(OC(F)F)cc1. The quantitative estimate of drug-likeness (QED) is 0.591. The molecule has 0 radical (unpaired) electrons. The monoisotopic (exact) mass is 382 g/mol. The molecule has 3 aromatic rings. The molecule has 0 amide bonds. The van der Waals surface area contributed by atoms with Gasteiger partial charge in [0, 0.05) is 19.0 Å². The Balaban J connectivity index is 1.94. The lowest BCUT2D eigenvalue weighted by molar-refractivity contribution is -0.0498. The van der Waals surface area contributed by atoms with Crippen LogP contribution in [0.25, 0.3) is 10.6 Å². The number of ether oxygens (including phenoxy) is 2. The number of thiophene rings is 1. The van der Waals surface area contributed by atoms with E-state index in [-0.39, 0.29) is 5.75 Å². The molecule has 1 aromatic carbocycles. The standard InChI is InChI=1S/C17H16F2N2O2S2/c1-22-9-8-21-14(15-3-2-10-24-15)11-25-17(21)20-12-4-6-13(7-5-12)23-16(18)19/h2-7,10-11,16H,8-9H2,1H3. The van der Waals surface area contributed by atoms with E-state index in [0.29, 0.717) is 18.8 Å². The van der Waals surface area contributed by atoms with Crippen molar-refractivity contribution in [1.82, 2.24) is 4.57 Å². The summed E-state index contributed by atoms with van der Waals surface area (Å²) in [7, 11) is 1.66. The molecule has 0 saturated heterocycles. The van der Waals surface area contributed by atoms with Gasteiger partial charge in [-0.2, -0.15) is 8.78 Å². The van der Waals surface area contributed by atoms with Crippen molar-refractivity contribution in [2.75, 3.05) is 13.7 Å². The Morgan fingerprint density at radius 2 is 1.96 bits per heavy atom. The summed E-state index contributed by atoms with van der Waals surface area (Å²) < 4.78 is 36.1. The Morgan fingerprint density at radius 3 is 2.60 bits per heavy atom. The second kappa shape index (κ2) is 8.37. The summed E-state index contributed by atoms with van der Waals surface area (Å²) in [5, 5.41) is 4.10. The molecule has 4 nitrogen and oxygen atoms in total. The Morgan fingerprint density at radius 1 is 1.16 bits per heavy atom. The fourth-order valence-corrected chi connectivity index (χ4v) is 4.02. The second-order valence-corrected chi connectivity index (χ2v) is 6.79. The molecule has 3 rings (SSSR count). The van der Waals surface area contributed by atoms with Crippen LogP contribution in [0.5, 0.6) is 5.75 Å². The van der Waals surface area contributed by atoms with E-state index < -0.39 is 6.61 Å². The van der Waals surface area contributed by atoms with E-state index in [9.17, 15) is 8.78 Å². The van der Waals surface area contributed by atoms with Gasteiger partial charge in [0.2, 0.25) is 0 Å². The normalized spacial score (nSPS) is 12.1. The zero-order valence-electron chi connectivity index (χ0n) is 13.4. The van der Waals surface area contributed by atoms with Crippen LogP contribution in [0.2, 0.25) is 0 Å². The molecule has 0 fully saturated rings. The molecule has 8 heteroatoms. The molecule has 0 unspecified atom stereocenters. The fraction of sp³-hybridized carbons (Fsp3) is 0.235. The molecule has 0 atom stereocenters. The minimum Gasteiger partial charge on any atom is -0.435 e. The molecule has 132 valence electrons. The van der Waals surface area contributed by atoms with Crippen LogP contribution < -0.4 is 9.54 Å². The van der Waals surface area contributed by atoms with Crippen molar-refractivity contribution in [2.45, 2.75) is 13.2 Å². The summed E-state index contributed by atoms with van der Waals surface area (Å²) in [6, 6.07) is 10.4.